The Hall–Kier alpha value is -2.60. The summed E-state index contributed by atoms with van der Waals surface area (Å²) in [7, 11) is 0. The van der Waals surface area contributed by atoms with Gasteiger partial charge in [-0.2, -0.15) is 0 Å². The largest absolute Gasteiger partial charge is 0.397 e. The molecule has 2 heterocycles. The van der Waals surface area contributed by atoms with E-state index >= 15 is 0 Å². The lowest BCUT2D eigenvalue weighted by molar-refractivity contribution is 0.468. The van der Waals surface area contributed by atoms with Crippen molar-refractivity contribution in [3.05, 3.63) is 58.7 Å². The summed E-state index contributed by atoms with van der Waals surface area (Å²) in [5.74, 6) is 6.20. The molecular weight excluding hydrogens is 270 g/mol. The molecule has 0 atom stereocenters. The lowest BCUT2D eigenvalue weighted by Crippen LogP contribution is -2.16. The monoisotopic (exact) mass is 289 g/mol. The minimum atomic E-state index is 0.179. The van der Waals surface area contributed by atoms with Gasteiger partial charge in [0.25, 0.3) is 0 Å². The molecule has 2 aromatic heterocycles. The summed E-state index contributed by atoms with van der Waals surface area (Å²) < 4.78 is 0. The summed E-state index contributed by atoms with van der Waals surface area (Å²) in [6.07, 6.45) is 7.18. The van der Waals surface area contributed by atoms with Crippen LogP contribution in [0.4, 0.5) is 5.69 Å². The van der Waals surface area contributed by atoms with Gasteiger partial charge in [0.15, 0.2) is 0 Å². The molecule has 0 unspecified atom stereocenters. The van der Waals surface area contributed by atoms with Gasteiger partial charge < -0.3 is 5.73 Å². The molecule has 3 rings (SSSR count). The first-order valence-corrected chi connectivity index (χ1v) is 7.36. The number of allylic oxidation sites excluding steroid dienone is 1. The van der Waals surface area contributed by atoms with E-state index < -0.39 is 0 Å². The number of anilines is 1. The van der Waals surface area contributed by atoms with E-state index in [0.29, 0.717) is 5.69 Å². The zero-order valence-electron chi connectivity index (χ0n) is 13.1. The summed E-state index contributed by atoms with van der Waals surface area (Å²) in [5, 5.41) is 0. The average Bonchev–Trinajstić information content (AvgIpc) is 2.48. The number of nitrogens with two attached hydrogens (primary N) is 1. The molecule has 2 N–H and O–H groups in total. The SMILES string of the molecule is Cc1nc(C#Cc2cnc3c(c2)C=CC(C)(C)C3)ccc1N. The first-order valence-electron chi connectivity index (χ1n) is 7.36. The van der Waals surface area contributed by atoms with Gasteiger partial charge >= 0.3 is 0 Å². The van der Waals surface area contributed by atoms with Gasteiger partial charge in [-0.25, -0.2) is 4.98 Å². The molecule has 1 aliphatic rings. The van der Waals surface area contributed by atoms with E-state index in [1.165, 1.54) is 0 Å². The number of hydrogen-bond acceptors (Lipinski definition) is 3. The third-order valence-corrected chi connectivity index (χ3v) is 3.80. The van der Waals surface area contributed by atoms with E-state index in [-0.39, 0.29) is 5.41 Å². The topological polar surface area (TPSA) is 51.8 Å². The van der Waals surface area contributed by atoms with Crippen LogP contribution >= 0.6 is 0 Å². The molecule has 0 amide bonds. The van der Waals surface area contributed by atoms with Crippen LogP contribution in [0.25, 0.3) is 6.08 Å². The highest BCUT2D eigenvalue weighted by molar-refractivity contribution is 5.58. The molecule has 0 spiro atoms. The number of rotatable bonds is 0. The van der Waals surface area contributed by atoms with Crippen molar-refractivity contribution in [2.45, 2.75) is 27.2 Å². The van der Waals surface area contributed by atoms with Crippen LogP contribution < -0.4 is 5.73 Å². The maximum atomic E-state index is 5.77. The Labute approximate surface area is 131 Å². The molecule has 0 bridgehead atoms. The van der Waals surface area contributed by atoms with Gasteiger partial charge in [0, 0.05) is 17.5 Å². The predicted molar refractivity (Wildman–Crippen MR) is 90.1 cm³/mol. The minimum absolute atomic E-state index is 0.179. The van der Waals surface area contributed by atoms with Crippen LogP contribution in [0.2, 0.25) is 0 Å². The Bertz CT molecular complexity index is 820. The van der Waals surface area contributed by atoms with Gasteiger partial charge in [-0.3, -0.25) is 4.98 Å². The second-order valence-corrected chi connectivity index (χ2v) is 6.38. The van der Waals surface area contributed by atoms with E-state index in [2.05, 4.69) is 53.9 Å². The van der Waals surface area contributed by atoms with Crippen LogP contribution in [0, 0.1) is 24.2 Å². The fourth-order valence-electron chi connectivity index (χ4n) is 2.45. The molecule has 22 heavy (non-hydrogen) atoms. The first kappa shape index (κ1) is 14.3. The summed E-state index contributed by atoms with van der Waals surface area (Å²) in [4.78, 5) is 8.93. The molecule has 3 heteroatoms. The molecule has 0 radical (unpaired) electrons. The van der Waals surface area contributed by atoms with Gasteiger partial charge in [0.05, 0.1) is 11.4 Å². The smallest absolute Gasteiger partial charge is 0.113 e. The molecule has 0 saturated carbocycles. The highest BCUT2D eigenvalue weighted by Crippen LogP contribution is 2.30. The molecule has 0 aliphatic heterocycles. The van der Waals surface area contributed by atoms with Crippen molar-refractivity contribution >= 4 is 11.8 Å². The zero-order valence-corrected chi connectivity index (χ0v) is 13.1. The van der Waals surface area contributed by atoms with Crippen LogP contribution in [0.15, 0.2) is 30.5 Å². The predicted octanol–water partition coefficient (Wildman–Crippen LogP) is 3.36. The van der Waals surface area contributed by atoms with E-state index in [0.717, 1.165) is 34.6 Å². The molecule has 110 valence electrons. The fraction of sp³-hybridized carbons (Fsp3) is 0.263. The van der Waals surface area contributed by atoms with Gasteiger partial charge in [0.2, 0.25) is 0 Å². The molecule has 0 aromatic carbocycles. The summed E-state index contributed by atoms with van der Waals surface area (Å²) in [5.41, 5.74) is 11.4. The lowest BCUT2D eigenvalue weighted by Gasteiger charge is -2.24. The number of fused-ring (bicyclic) bond motifs is 1. The Kier molecular flexibility index (Phi) is 3.46. The molecule has 0 fully saturated rings. The summed E-state index contributed by atoms with van der Waals surface area (Å²) in [6, 6.07) is 5.76. The van der Waals surface area contributed by atoms with E-state index in [9.17, 15) is 0 Å². The van der Waals surface area contributed by atoms with Crippen LogP contribution in [0.5, 0.6) is 0 Å². The van der Waals surface area contributed by atoms with Crippen molar-refractivity contribution in [2.75, 3.05) is 5.73 Å². The molecule has 2 aromatic rings. The Morgan fingerprint density at radius 1 is 1.23 bits per heavy atom. The fourth-order valence-corrected chi connectivity index (χ4v) is 2.45. The highest BCUT2D eigenvalue weighted by Gasteiger charge is 2.21. The first-order chi connectivity index (χ1) is 10.4. The van der Waals surface area contributed by atoms with Gasteiger partial charge in [-0.1, -0.05) is 31.9 Å². The summed E-state index contributed by atoms with van der Waals surface area (Å²) >= 11 is 0. The maximum absolute atomic E-state index is 5.77. The number of pyridine rings is 2. The third kappa shape index (κ3) is 3.01. The second-order valence-electron chi connectivity index (χ2n) is 6.38. The summed E-state index contributed by atoms with van der Waals surface area (Å²) in [6.45, 7) is 6.32. The van der Waals surface area contributed by atoms with Gasteiger partial charge in [0.1, 0.15) is 5.69 Å². The van der Waals surface area contributed by atoms with Crippen molar-refractivity contribution in [3.8, 4) is 11.8 Å². The Morgan fingerprint density at radius 3 is 2.82 bits per heavy atom. The molecule has 3 nitrogen and oxygen atoms in total. The lowest BCUT2D eigenvalue weighted by atomic mass is 9.81. The number of aryl methyl sites for hydroxylation is 1. The van der Waals surface area contributed by atoms with Crippen molar-refractivity contribution in [1.82, 2.24) is 9.97 Å². The minimum Gasteiger partial charge on any atom is -0.397 e. The highest BCUT2D eigenvalue weighted by atomic mass is 14.7. The molecular formula is C19H19N3. The van der Waals surface area contributed by atoms with Crippen LogP contribution in [0.3, 0.4) is 0 Å². The number of aromatic nitrogens is 2. The normalized spacial score (nSPS) is 14.9. The van der Waals surface area contributed by atoms with E-state index in [1.54, 1.807) is 0 Å². The van der Waals surface area contributed by atoms with E-state index in [1.807, 2.05) is 25.3 Å². The zero-order chi connectivity index (χ0) is 15.7. The van der Waals surface area contributed by atoms with Crippen LogP contribution in [0.1, 0.15) is 42.1 Å². The van der Waals surface area contributed by atoms with Crippen molar-refractivity contribution in [3.63, 3.8) is 0 Å². The molecule has 0 saturated heterocycles. The maximum Gasteiger partial charge on any atom is 0.113 e. The number of nitrogens with zero attached hydrogens (tertiary/aromatic N) is 2. The van der Waals surface area contributed by atoms with Crippen LogP contribution in [-0.2, 0) is 6.42 Å². The van der Waals surface area contributed by atoms with Gasteiger partial charge in [-0.05, 0) is 48.4 Å². The number of hydrogen-bond donors (Lipinski definition) is 1. The van der Waals surface area contributed by atoms with Gasteiger partial charge in [-0.15, -0.1) is 0 Å². The second kappa shape index (κ2) is 5.31. The van der Waals surface area contributed by atoms with Crippen molar-refractivity contribution in [1.29, 1.82) is 0 Å². The third-order valence-electron chi connectivity index (χ3n) is 3.80. The van der Waals surface area contributed by atoms with Crippen molar-refractivity contribution in [2.24, 2.45) is 5.41 Å². The Balaban J connectivity index is 1.89. The molecule has 1 aliphatic carbocycles. The Morgan fingerprint density at radius 2 is 2.05 bits per heavy atom. The number of nitrogen functional groups attached to an aromatic ring is 1. The van der Waals surface area contributed by atoms with E-state index in [4.69, 9.17) is 5.73 Å². The standard InChI is InChI=1S/C19H19N3/c1-13-17(20)7-6-16(22-13)5-4-14-10-15-8-9-19(2,3)11-18(15)21-12-14/h6-10,12H,11,20H2,1-3H3. The van der Waals surface area contributed by atoms with Crippen LogP contribution in [-0.4, -0.2) is 9.97 Å². The average molecular weight is 289 g/mol. The van der Waals surface area contributed by atoms with Crippen molar-refractivity contribution < 1.29 is 0 Å². The quantitative estimate of drug-likeness (QED) is 0.757.